The van der Waals surface area contributed by atoms with Crippen molar-refractivity contribution in [3.63, 3.8) is 0 Å². The van der Waals surface area contributed by atoms with E-state index in [-0.39, 0.29) is 36.9 Å². The van der Waals surface area contributed by atoms with Crippen molar-refractivity contribution in [3.8, 4) is 11.5 Å². The van der Waals surface area contributed by atoms with E-state index in [1.807, 2.05) is 26.0 Å². The molecule has 0 spiro atoms. The zero-order valence-corrected chi connectivity index (χ0v) is 21.4. The number of amides is 4. The minimum absolute atomic E-state index is 0.00209. The maximum absolute atomic E-state index is 13.7. The Labute approximate surface area is 208 Å². The van der Waals surface area contributed by atoms with E-state index in [4.69, 9.17) is 15.2 Å². The lowest BCUT2D eigenvalue weighted by atomic mass is 9.94. The van der Waals surface area contributed by atoms with Crippen LogP contribution in [-0.2, 0) is 16.1 Å². The number of rotatable bonds is 9. The van der Waals surface area contributed by atoms with Gasteiger partial charge in [0, 0.05) is 31.6 Å². The summed E-state index contributed by atoms with van der Waals surface area (Å²) in [6.07, 6.45) is 5.73. The zero-order valence-electron chi connectivity index (χ0n) is 21.4. The molecule has 1 aromatic carbocycles. The minimum atomic E-state index is -0.663. The van der Waals surface area contributed by atoms with Crippen molar-refractivity contribution < 1.29 is 23.9 Å². The number of hydrogen-bond acceptors (Lipinski definition) is 5. The summed E-state index contributed by atoms with van der Waals surface area (Å²) >= 11 is 0. The molecule has 0 bridgehead atoms. The number of ether oxygens (including phenoxy) is 2. The Balaban J connectivity index is 1.89. The molecule has 0 aromatic heterocycles. The van der Waals surface area contributed by atoms with E-state index >= 15 is 0 Å². The summed E-state index contributed by atoms with van der Waals surface area (Å²) in [6.45, 7) is 4.60. The summed E-state index contributed by atoms with van der Waals surface area (Å²) in [5, 5.41) is 3.14. The fourth-order valence-corrected chi connectivity index (χ4v) is 5.20. The van der Waals surface area contributed by atoms with E-state index < -0.39 is 18.0 Å². The van der Waals surface area contributed by atoms with Crippen LogP contribution in [0.1, 0.15) is 64.4 Å². The lowest BCUT2D eigenvalue weighted by molar-refractivity contribution is -0.145. The van der Waals surface area contributed by atoms with Crippen LogP contribution in [-0.4, -0.2) is 66.5 Å². The Morgan fingerprint density at radius 3 is 2.26 bits per heavy atom. The van der Waals surface area contributed by atoms with Gasteiger partial charge in [0.2, 0.25) is 11.8 Å². The first-order valence-corrected chi connectivity index (χ1v) is 12.6. The summed E-state index contributed by atoms with van der Waals surface area (Å²) in [5.41, 5.74) is 6.43. The van der Waals surface area contributed by atoms with Crippen LogP contribution in [0.3, 0.4) is 0 Å². The number of hydrogen-bond donors (Lipinski definition) is 2. The number of urea groups is 1. The van der Waals surface area contributed by atoms with Crippen LogP contribution in [0.2, 0.25) is 0 Å². The number of carbonyl (C=O) groups is 3. The molecule has 9 heteroatoms. The third-order valence-corrected chi connectivity index (χ3v) is 6.84. The van der Waals surface area contributed by atoms with Crippen molar-refractivity contribution in [2.45, 2.75) is 83.5 Å². The number of nitrogens with two attached hydrogens (primary N) is 1. The summed E-state index contributed by atoms with van der Waals surface area (Å²) in [6, 6.07) is 4.16. The number of methoxy groups -OCH3 is 2. The predicted molar refractivity (Wildman–Crippen MR) is 133 cm³/mol. The molecule has 35 heavy (non-hydrogen) atoms. The largest absolute Gasteiger partial charge is 0.497 e. The smallest absolute Gasteiger partial charge is 0.318 e. The average molecular weight is 489 g/mol. The molecule has 9 nitrogen and oxygen atoms in total. The van der Waals surface area contributed by atoms with Gasteiger partial charge < -0.3 is 30.3 Å². The van der Waals surface area contributed by atoms with Gasteiger partial charge in [0.15, 0.2) is 0 Å². The highest BCUT2D eigenvalue weighted by Crippen LogP contribution is 2.29. The highest BCUT2D eigenvalue weighted by molar-refractivity contribution is 5.89. The summed E-state index contributed by atoms with van der Waals surface area (Å²) in [5.74, 6) is 0.820. The maximum atomic E-state index is 13.7. The second-order valence-electron chi connectivity index (χ2n) is 10.1. The van der Waals surface area contributed by atoms with Gasteiger partial charge in [0.05, 0.1) is 20.3 Å². The fraction of sp³-hybridized carbons (Fsp3) is 0.654. The lowest BCUT2D eigenvalue weighted by Crippen LogP contribution is -2.66. The number of piperazine rings is 1. The molecule has 3 N–H and O–H groups in total. The molecule has 194 valence electrons. The van der Waals surface area contributed by atoms with Gasteiger partial charge in [-0.3, -0.25) is 9.59 Å². The number of carbonyl (C=O) groups excluding carboxylic acids is 3. The molecule has 2 aliphatic rings. The molecule has 1 saturated heterocycles. The Hall–Kier alpha value is -2.97. The van der Waals surface area contributed by atoms with E-state index in [0.29, 0.717) is 24.5 Å². The first kappa shape index (κ1) is 26.6. The standard InChI is InChI=1S/C26H40N4O5/c1-17(2)10-23-25(32)29(15-18-11-21(34-3)14-22(12-18)35-4)16-20(13-24(27)31)30(23)26(33)28-19-8-6-5-7-9-19/h11-12,14,17,19-20,23H,5-10,13,15-16H2,1-4H3,(H2,27,31)(H,28,33)/t20-,23+/m1/s1. The third kappa shape index (κ3) is 7.02. The second kappa shape index (κ2) is 12.1. The Kier molecular flexibility index (Phi) is 9.23. The topological polar surface area (TPSA) is 114 Å². The number of primary amides is 1. The Morgan fingerprint density at radius 1 is 1.09 bits per heavy atom. The first-order chi connectivity index (χ1) is 16.7. The van der Waals surface area contributed by atoms with Crippen LogP contribution in [0.5, 0.6) is 11.5 Å². The highest BCUT2D eigenvalue weighted by Gasteiger charge is 2.44. The molecular formula is C26H40N4O5. The number of nitrogens with one attached hydrogen (secondary N) is 1. The molecule has 0 radical (unpaired) electrons. The SMILES string of the molecule is COc1cc(CN2C[C@@H](CC(N)=O)N(C(=O)NC3CCCCC3)[C@@H](CC(C)C)C2=O)cc(OC)c1. The van der Waals surface area contributed by atoms with E-state index in [1.165, 1.54) is 6.42 Å². The lowest BCUT2D eigenvalue weighted by Gasteiger charge is -2.46. The molecule has 1 saturated carbocycles. The number of benzene rings is 1. The van der Waals surface area contributed by atoms with Gasteiger partial charge in [-0.1, -0.05) is 33.1 Å². The van der Waals surface area contributed by atoms with Gasteiger partial charge in [-0.25, -0.2) is 4.79 Å². The normalized spacial score (nSPS) is 21.2. The van der Waals surface area contributed by atoms with E-state index in [9.17, 15) is 14.4 Å². The maximum Gasteiger partial charge on any atom is 0.318 e. The van der Waals surface area contributed by atoms with Gasteiger partial charge in [-0.15, -0.1) is 0 Å². The molecular weight excluding hydrogens is 448 g/mol. The van der Waals surface area contributed by atoms with Crippen LogP contribution in [0.25, 0.3) is 0 Å². The van der Waals surface area contributed by atoms with E-state index in [2.05, 4.69) is 5.32 Å². The van der Waals surface area contributed by atoms with Crippen molar-refractivity contribution in [2.24, 2.45) is 11.7 Å². The third-order valence-electron chi connectivity index (χ3n) is 6.84. The van der Waals surface area contributed by atoms with Crippen LogP contribution in [0, 0.1) is 5.92 Å². The van der Waals surface area contributed by atoms with Crippen LogP contribution in [0.4, 0.5) is 4.79 Å². The molecule has 3 rings (SSSR count). The fourth-order valence-electron chi connectivity index (χ4n) is 5.20. The van der Waals surface area contributed by atoms with Gasteiger partial charge >= 0.3 is 6.03 Å². The monoisotopic (exact) mass is 488 g/mol. The van der Waals surface area contributed by atoms with Gasteiger partial charge in [-0.2, -0.15) is 0 Å². The highest BCUT2D eigenvalue weighted by atomic mass is 16.5. The molecule has 1 aliphatic heterocycles. The summed E-state index contributed by atoms with van der Waals surface area (Å²) in [7, 11) is 3.16. The molecule has 2 fully saturated rings. The second-order valence-corrected chi connectivity index (χ2v) is 10.1. The quantitative estimate of drug-likeness (QED) is 0.555. The van der Waals surface area contributed by atoms with E-state index in [0.717, 1.165) is 31.2 Å². The summed E-state index contributed by atoms with van der Waals surface area (Å²) < 4.78 is 10.8. The first-order valence-electron chi connectivity index (χ1n) is 12.6. The van der Waals surface area contributed by atoms with Gasteiger partial charge in [-0.05, 0) is 42.9 Å². The molecule has 1 aromatic rings. The zero-order chi connectivity index (χ0) is 25.5. The van der Waals surface area contributed by atoms with Crippen molar-refractivity contribution >= 4 is 17.8 Å². The Bertz CT molecular complexity index is 877. The van der Waals surface area contributed by atoms with Crippen molar-refractivity contribution in [1.82, 2.24) is 15.1 Å². The van der Waals surface area contributed by atoms with Crippen molar-refractivity contribution in [1.29, 1.82) is 0 Å². The molecule has 4 amide bonds. The molecule has 1 heterocycles. The molecule has 1 aliphatic carbocycles. The number of nitrogens with zero attached hydrogens (tertiary/aromatic N) is 2. The molecule has 0 unspecified atom stereocenters. The van der Waals surface area contributed by atoms with Crippen LogP contribution >= 0.6 is 0 Å². The summed E-state index contributed by atoms with van der Waals surface area (Å²) in [4.78, 5) is 42.5. The minimum Gasteiger partial charge on any atom is -0.497 e. The van der Waals surface area contributed by atoms with Gasteiger partial charge in [0.25, 0.3) is 0 Å². The van der Waals surface area contributed by atoms with Crippen molar-refractivity contribution in [2.75, 3.05) is 20.8 Å². The predicted octanol–water partition coefficient (Wildman–Crippen LogP) is 3.05. The average Bonchev–Trinajstić information content (AvgIpc) is 2.81. The van der Waals surface area contributed by atoms with E-state index in [1.54, 1.807) is 30.1 Å². The molecule has 2 atom stereocenters. The van der Waals surface area contributed by atoms with Crippen molar-refractivity contribution in [3.05, 3.63) is 23.8 Å². The van der Waals surface area contributed by atoms with Gasteiger partial charge in [0.1, 0.15) is 17.5 Å². The van der Waals surface area contributed by atoms with Crippen LogP contribution < -0.4 is 20.5 Å². The van der Waals surface area contributed by atoms with Crippen LogP contribution in [0.15, 0.2) is 18.2 Å². The Morgan fingerprint density at radius 2 is 1.71 bits per heavy atom.